The molecule has 0 spiro atoms. The van der Waals surface area contributed by atoms with Gasteiger partial charge in [-0.25, -0.2) is 4.39 Å². The van der Waals surface area contributed by atoms with E-state index in [1.165, 1.54) is 13.2 Å². The zero-order chi connectivity index (χ0) is 23.1. The molecule has 0 saturated heterocycles. The van der Waals surface area contributed by atoms with Gasteiger partial charge < -0.3 is 20.3 Å². The van der Waals surface area contributed by atoms with Gasteiger partial charge in [0.15, 0.2) is 5.67 Å². The van der Waals surface area contributed by atoms with E-state index in [9.17, 15) is 9.90 Å². The number of alkyl halides is 1. The molecular formula is C26H34FNO4. The second-order valence-corrected chi connectivity index (χ2v) is 9.97. The van der Waals surface area contributed by atoms with Crippen LogP contribution in [-0.4, -0.2) is 42.1 Å². The van der Waals surface area contributed by atoms with Crippen LogP contribution in [0.15, 0.2) is 48.2 Å². The average molecular weight is 444 g/mol. The maximum Gasteiger partial charge on any atom is 0.314 e. The number of esters is 1. The van der Waals surface area contributed by atoms with E-state index in [1.807, 2.05) is 30.3 Å². The van der Waals surface area contributed by atoms with Crippen LogP contribution < -0.4 is 5.73 Å². The first kappa shape index (κ1) is 23.0. The van der Waals surface area contributed by atoms with Gasteiger partial charge in [-0.1, -0.05) is 36.8 Å². The first-order valence-corrected chi connectivity index (χ1v) is 11.6. The molecule has 3 N–H and O–H groups in total. The third-order valence-electron chi connectivity index (χ3n) is 7.69. The third-order valence-corrected chi connectivity index (χ3v) is 7.69. The van der Waals surface area contributed by atoms with Gasteiger partial charge in [-0.05, 0) is 50.3 Å². The summed E-state index contributed by atoms with van der Waals surface area (Å²) in [6.07, 6.45) is 6.16. The van der Waals surface area contributed by atoms with E-state index < -0.39 is 29.1 Å². The van der Waals surface area contributed by atoms with Crippen molar-refractivity contribution in [1.82, 2.24) is 0 Å². The summed E-state index contributed by atoms with van der Waals surface area (Å²) in [6, 6.07) is 9.38. The maximum absolute atomic E-state index is 17.1. The Bertz CT molecular complexity index is 898. The topological polar surface area (TPSA) is 81.8 Å². The molecule has 3 aliphatic carbocycles. The minimum atomic E-state index is -1.94. The van der Waals surface area contributed by atoms with Gasteiger partial charge in [-0.2, -0.15) is 0 Å². The normalized spacial score (nSPS) is 33.2. The summed E-state index contributed by atoms with van der Waals surface area (Å²) in [5.74, 6) is -0.421. The first-order valence-electron chi connectivity index (χ1n) is 11.6. The summed E-state index contributed by atoms with van der Waals surface area (Å²) in [6.45, 7) is 3.24. The molecule has 5 atom stereocenters. The highest BCUT2D eigenvalue weighted by Crippen LogP contribution is 2.57. The number of halogens is 1. The number of methoxy groups -OCH3 is 1. The van der Waals surface area contributed by atoms with Gasteiger partial charge in [-0.15, -0.1) is 0 Å². The Hall–Kier alpha value is -2.18. The highest BCUT2D eigenvalue weighted by molar-refractivity contribution is 5.82. The SMILES string of the molecule is COC(=O)C(C)(C)C1(F)C=CC(O[C@@H]2C[C@@H](O)[C@@H](N)C2)=C(c2ccccc2)C1C1CCC1. The van der Waals surface area contributed by atoms with Crippen LogP contribution in [0.3, 0.4) is 0 Å². The number of carbonyl (C=O) groups is 1. The van der Waals surface area contributed by atoms with Gasteiger partial charge in [0.1, 0.15) is 17.3 Å². The van der Waals surface area contributed by atoms with E-state index in [0.717, 1.165) is 30.4 Å². The van der Waals surface area contributed by atoms with Crippen LogP contribution >= 0.6 is 0 Å². The molecule has 0 bridgehead atoms. The van der Waals surface area contributed by atoms with E-state index in [0.29, 0.717) is 18.6 Å². The van der Waals surface area contributed by atoms with E-state index in [2.05, 4.69) is 0 Å². The molecule has 1 aromatic carbocycles. The lowest BCUT2D eigenvalue weighted by atomic mass is 9.56. The molecule has 2 fully saturated rings. The van der Waals surface area contributed by atoms with Gasteiger partial charge in [-0.3, -0.25) is 4.79 Å². The molecule has 1 aromatic rings. The molecule has 2 saturated carbocycles. The predicted octanol–water partition coefficient (Wildman–Crippen LogP) is 4.16. The third kappa shape index (κ3) is 3.77. The number of ether oxygens (including phenoxy) is 2. The summed E-state index contributed by atoms with van der Waals surface area (Å²) < 4.78 is 28.5. The van der Waals surface area contributed by atoms with Gasteiger partial charge >= 0.3 is 5.97 Å². The second kappa shape index (κ2) is 8.64. The molecular weight excluding hydrogens is 409 g/mol. The highest BCUT2D eigenvalue weighted by Gasteiger charge is 2.60. The molecule has 3 aliphatic rings. The molecule has 4 rings (SSSR count). The Morgan fingerprint density at radius 1 is 1.22 bits per heavy atom. The molecule has 0 amide bonds. The lowest BCUT2D eigenvalue weighted by Crippen LogP contribution is -2.54. The Morgan fingerprint density at radius 2 is 1.91 bits per heavy atom. The van der Waals surface area contributed by atoms with Crippen molar-refractivity contribution < 1.29 is 23.8 Å². The fourth-order valence-electron chi connectivity index (χ4n) is 5.43. The van der Waals surface area contributed by atoms with Crippen LogP contribution in [0.25, 0.3) is 5.57 Å². The molecule has 0 heterocycles. The fourth-order valence-corrected chi connectivity index (χ4v) is 5.43. The smallest absolute Gasteiger partial charge is 0.314 e. The molecule has 5 nitrogen and oxygen atoms in total. The Morgan fingerprint density at radius 3 is 2.44 bits per heavy atom. The van der Waals surface area contributed by atoms with E-state index in [-0.39, 0.29) is 18.1 Å². The molecule has 0 aliphatic heterocycles. The standard InChI is InChI=1S/C26H34FNO4/c1-25(2,24(30)31-3)26(27)13-12-21(32-18-14-19(28)20(29)15-18)22(16-8-5-4-6-9-16)23(26)17-10-7-11-17/h4-6,8-9,12-13,17-20,23,29H,7,10-11,14-15,28H2,1-3H3/t18-,19-,20+,23?,26?/m0/s1. The van der Waals surface area contributed by atoms with Crippen LogP contribution in [0.2, 0.25) is 0 Å². The van der Waals surface area contributed by atoms with Crippen molar-refractivity contribution in [3.05, 3.63) is 53.8 Å². The number of nitrogens with two attached hydrogens (primary N) is 1. The summed E-state index contributed by atoms with van der Waals surface area (Å²) in [5.41, 5.74) is 4.35. The summed E-state index contributed by atoms with van der Waals surface area (Å²) >= 11 is 0. The van der Waals surface area contributed by atoms with Crippen molar-refractivity contribution in [2.24, 2.45) is 23.0 Å². The van der Waals surface area contributed by atoms with Crippen molar-refractivity contribution in [1.29, 1.82) is 0 Å². The zero-order valence-electron chi connectivity index (χ0n) is 19.1. The van der Waals surface area contributed by atoms with Crippen molar-refractivity contribution >= 4 is 11.5 Å². The molecule has 6 heteroatoms. The molecule has 32 heavy (non-hydrogen) atoms. The number of carbonyl (C=O) groups excluding carboxylic acids is 1. The van der Waals surface area contributed by atoms with E-state index in [4.69, 9.17) is 15.2 Å². The highest BCUT2D eigenvalue weighted by atomic mass is 19.1. The minimum Gasteiger partial charge on any atom is -0.490 e. The summed E-state index contributed by atoms with van der Waals surface area (Å²) in [4.78, 5) is 12.7. The van der Waals surface area contributed by atoms with Gasteiger partial charge in [0, 0.05) is 30.4 Å². The molecule has 174 valence electrons. The Balaban J connectivity index is 1.82. The lowest BCUT2D eigenvalue weighted by molar-refractivity contribution is -0.161. The monoisotopic (exact) mass is 443 g/mol. The summed E-state index contributed by atoms with van der Waals surface area (Å²) in [7, 11) is 1.30. The number of benzene rings is 1. The number of allylic oxidation sites excluding steroid dienone is 3. The molecule has 0 radical (unpaired) electrons. The van der Waals surface area contributed by atoms with Crippen molar-refractivity contribution in [2.75, 3.05) is 7.11 Å². The number of aliphatic hydroxyl groups excluding tert-OH is 1. The zero-order valence-corrected chi connectivity index (χ0v) is 19.1. The van der Waals surface area contributed by atoms with Crippen LogP contribution in [0.4, 0.5) is 4.39 Å². The number of hydrogen-bond donors (Lipinski definition) is 2. The van der Waals surface area contributed by atoms with Crippen LogP contribution in [0.1, 0.15) is 51.5 Å². The van der Waals surface area contributed by atoms with Crippen LogP contribution in [0, 0.1) is 17.3 Å². The minimum absolute atomic E-state index is 0.0964. The van der Waals surface area contributed by atoms with Crippen molar-refractivity contribution in [3.8, 4) is 0 Å². The first-order chi connectivity index (χ1) is 15.2. The van der Waals surface area contributed by atoms with E-state index >= 15 is 4.39 Å². The Labute approximate surface area is 189 Å². The summed E-state index contributed by atoms with van der Waals surface area (Å²) in [5, 5.41) is 10.1. The van der Waals surface area contributed by atoms with Crippen molar-refractivity contribution in [2.45, 2.75) is 69.9 Å². The Kier molecular flexibility index (Phi) is 6.21. The lowest BCUT2D eigenvalue weighted by Gasteiger charge is -2.50. The maximum atomic E-state index is 17.1. The molecule has 0 aromatic heterocycles. The average Bonchev–Trinajstić information content (AvgIpc) is 3.05. The number of aliphatic hydroxyl groups is 1. The number of rotatable bonds is 6. The number of hydrogen-bond acceptors (Lipinski definition) is 5. The molecule has 2 unspecified atom stereocenters. The van der Waals surface area contributed by atoms with Gasteiger partial charge in [0.05, 0.1) is 13.2 Å². The predicted molar refractivity (Wildman–Crippen MR) is 121 cm³/mol. The van der Waals surface area contributed by atoms with Crippen molar-refractivity contribution in [3.63, 3.8) is 0 Å². The second-order valence-electron chi connectivity index (χ2n) is 9.97. The largest absolute Gasteiger partial charge is 0.490 e. The van der Waals surface area contributed by atoms with E-state index in [1.54, 1.807) is 19.9 Å². The quantitative estimate of drug-likeness (QED) is 0.646. The fraction of sp³-hybridized carbons (Fsp3) is 0.577. The van der Waals surface area contributed by atoms with Gasteiger partial charge in [0.25, 0.3) is 0 Å². The van der Waals surface area contributed by atoms with Crippen LogP contribution in [0.5, 0.6) is 0 Å². The van der Waals surface area contributed by atoms with Crippen LogP contribution in [-0.2, 0) is 14.3 Å². The van der Waals surface area contributed by atoms with Gasteiger partial charge in [0.2, 0.25) is 0 Å².